The van der Waals surface area contributed by atoms with Crippen LogP contribution in [0.5, 0.6) is 0 Å². The molecular formula is C12H27N3S. The Morgan fingerprint density at radius 1 is 1.19 bits per heavy atom. The molecule has 2 unspecified atom stereocenters. The minimum Gasteiger partial charge on any atom is -0.314 e. The topological polar surface area (TPSA) is 18.5 Å². The van der Waals surface area contributed by atoms with E-state index in [0.717, 1.165) is 17.8 Å². The van der Waals surface area contributed by atoms with Crippen molar-refractivity contribution in [3.63, 3.8) is 0 Å². The fourth-order valence-electron chi connectivity index (χ4n) is 2.30. The second-order valence-corrected chi connectivity index (χ2v) is 5.92. The zero-order valence-corrected chi connectivity index (χ0v) is 12.0. The van der Waals surface area contributed by atoms with E-state index in [2.05, 4.69) is 42.4 Å². The SMILES string of the molecule is CCCN(CCN(C)C)C1CNCC1SC. The number of hydrogen-bond acceptors (Lipinski definition) is 4. The highest BCUT2D eigenvalue weighted by Gasteiger charge is 2.30. The van der Waals surface area contributed by atoms with Crippen LogP contribution in [-0.4, -0.2) is 74.2 Å². The van der Waals surface area contributed by atoms with Gasteiger partial charge in [-0.2, -0.15) is 11.8 Å². The lowest BCUT2D eigenvalue weighted by atomic mass is 10.2. The van der Waals surface area contributed by atoms with Crippen molar-refractivity contribution in [1.82, 2.24) is 15.1 Å². The predicted molar refractivity (Wildman–Crippen MR) is 74.4 cm³/mol. The lowest BCUT2D eigenvalue weighted by Gasteiger charge is -2.32. The van der Waals surface area contributed by atoms with Gasteiger partial charge in [0.05, 0.1) is 0 Å². The summed E-state index contributed by atoms with van der Waals surface area (Å²) in [6.07, 6.45) is 3.49. The van der Waals surface area contributed by atoms with Crippen LogP contribution in [-0.2, 0) is 0 Å². The number of likely N-dealkylation sites (N-methyl/N-ethyl adjacent to an activating group) is 1. The van der Waals surface area contributed by atoms with Crippen LogP contribution < -0.4 is 5.32 Å². The van der Waals surface area contributed by atoms with Gasteiger partial charge >= 0.3 is 0 Å². The predicted octanol–water partition coefficient (Wildman–Crippen LogP) is 0.963. The van der Waals surface area contributed by atoms with E-state index in [1.807, 2.05) is 11.8 Å². The fraction of sp³-hybridized carbons (Fsp3) is 1.00. The summed E-state index contributed by atoms with van der Waals surface area (Å²) < 4.78 is 0. The van der Waals surface area contributed by atoms with Crippen LogP contribution in [0.2, 0.25) is 0 Å². The zero-order valence-electron chi connectivity index (χ0n) is 11.2. The molecule has 2 atom stereocenters. The summed E-state index contributed by atoms with van der Waals surface area (Å²) in [5.41, 5.74) is 0. The van der Waals surface area contributed by atoms with Gasteiger partial charge in [-0.25, -0.2) is 0 Å². The molecule has 0 spiro atoms. The third kappa shape index (κ3) is 4.24. The van der Waals surface area contributed by atoms with Gasteiger partial charge in [-0.1, -0.05) is 6.92 Å². The Hall–Kier alpha value is 0.230. The molecule has 0 aromatic carbocycles. The van der Waals surface area contributed by atoms with Crippen molar-refractivity contribution in [2.45, 2.75) is 24.6 Å². The minimum absolute atomic E-state index is 0.731. The number of rotatable bonds is 7. The van der Waals surface area contributed by atoms with Crippen molar-refractivity contribution in [3.05, 3.63) is 0 Å². The first-order valence-electron chi connectivity index (χ1n) is 6.31. The van der Waals surface area contributed by atoms with E-state index >= 15 is 0 Å². The van der Waals surface area contributed by atoms with Gasteiger partial charge in [0.15, 0.2) is 0 Å². The molecule has 0 aromatic rings. The van der Waals surface area contributed by atoms with Gasteiger partial charge in [0.25, 0.3) is 0 Å². The average molecular weight is 245 g/mol. The van der Waals surface area contributed by atoms with Gasteiger partial charge < -0.3 is 10.2 Å². The molecule has 0 amide bonds. The molecule has 1 aliphatic rings. The van der Waals surface area contributed by atoms with Crippen LogP contribution in [0.15, 0.2) is 0 Å². The van der Waals surface area contributed by atoms with Crippen LogP contribution >= 0.6 is 11.8 Å². The van der Waals surface area contributed by atoms with Crippen LogP contribution in [0.1, 0.15) is 13.3 Å². The van der Waals surface area contributed by atoms with Crippen molar-refractivity contribution in [1.29, 1.82) is 0 Å². The van der Waals surface area contributed by atoms with Crippen molar-refractivity contribution in [3.8, 4) is 0 Å². The highest BCUT2D eigenvalue weighted by Crippen LogP contribution is 2.20. The molecular weight excluding hydrogens is 218 g/mol. The Labute approximate surface area is 105 Å². The molecule has 16 heavy (non-hydrogen) atoms. The van der Waals surface area contributed by atoms with E-state index in [0.29, 0.717) is 0 Å². The second kappa shape index (κ2) is 7.54. The molecule has 0 aromatic heterocycles. The molecule has 4 heteroatoms. The lowest BCUT2D eigenvalue weighted by molar-refractivity contribution is 0.191. The van der Waals surface area contributed by atoms with Crippen molar-refractivity contribution >= 4 is 11.8 Å². The molecule has 0 radical (unpaired) electrons. The maximum Gasteiger partial charge on any atom is 0.0352 e. The molecule has 1 fully saturated rings. The lowest BCUT2D eigenvalue weighted by Crippen LogP contribution is -2.45. The van der Waals surface area contributed by atoms with Crippen molar-refractivity contribution in [2.24, 2.45) is 0 Å². The summed E-state index contributed by atoms with van der Waals surface area (Å²) in [6, 6.07) is 0.731. The Kier molecular flexibility index (Phi) is 6.73. The van der Waals surface area contributed by atoms with Crippen molar-refractivity contribution < 1.29 is 0 Å². The van der Waals surface area contributed by atoms with Gasteiger partial charge in [-0.3, -0.25) is 4.90 Å². The van der Waals surface area contributed by atoms with E-state index in [4.69, 9.17) is 0 Å². The molecule has 96 valence electrons. The largest absolute Gasteiger partial charge is 0.314 e. The molecule has 1 aliphatic heterocycles. The summed E-state index contributed by atoms with van der Waals surface area (Å²) in [6.45, 7) is 8.21. The quantitative estimate of drug-likeness (QED) is 0.720. The monoisotopic (exact) mass is 245 g/mol. The summed E-state index contributed by atoms with van der Waals surface area (Å²) >= 11 is 2.01. The standard InChI is InChI=1S/C12H27N3S/c1-5-6-15(8-7-14(2)3)11-9-13-10-12(11)16-4/h11-13H,5-10H2,1-4H3. The number of nitrogens with zero attached hydrogens (tertiary/aromatic N) is 2. The molecule has 1 N–H and O–H groups in total. The average Bonchev–Trinajstić information content (AvgIpc) is 2.71. The molecule has 1 heterocycles. The van der Waals surface area contributed by atoms with Gasteiger partial charge in [-0.15, -0.1) is 0 Å². The van der Waals surface area contributed by atoms with E-state index in [1.165, 1.54) is 32.6 Å². The summed E-state index contributed by atoms with van der Waals surface area (Å²) in [5, 5.41) is 4.30. The van der Waals surface area contributed by atoms with Crippen LogP contribution in [0.4, 0.5) is 0 Å². The molecule has 0 aliphatic carbocycles. The third-order valence-corrected chi connectivity index (χ3v) is 4.33. The first-order chi connectivity index (χ1) is 7.69. The summed E-state index contributed by atoms with van der Waals surface area (Å²) in [4.78, 5) is 4.94. The third-order valence-electron chi connectivity index (χ3n) is 3.25. The van der Waals surface area contributed by atoms with Crippen molar-refractivity contribution in [2.75, 3.05) is 53.1 Å². The Morgan fingerprint density at radius 2 is 1.94 bits per heavy atom. The smallest absolute Gasteiger partial charge is 0.0352 e. The molecule has 3 nitrogen and oxygen atoms in total. The zero-order chi connectivity index (χ0) is 12.0. The van der Waals surface area contributed by atoms with Crippen LogP contribution in [0, 0.1) is 0 Å². The molecule has 1 saturated heterocycles. The fourth-order valence-corrected chi connectivity index (χ4v) is 3.17. The first kappa shape index (κ1) is 14.3. The second-order valence-electron chi connectivity index (χ2n) is 4.84. The summed E-state index contributed by atoms with van der Waals surface area (Å²) in [7, 11) is 4.31. The first-order valence-corrected chi connectivity index (χ1v) is 7.60. The molecule has 1 rings (SSSR count). The van der Waals surface area contributed by atoms with E-state index in [9.17, 15) is 0 Å². The highest BCUT2D eigenvalue weighted by atomic mass is 32.2. The Morgan fingerprint density at radius 3 is 2.50 bits per heavy atom. The maximum absolute atomic E-state index is 3.52. The minimum atomic E-state index is 0.731. The maximum atomic E-state index is 3.52. The van der Waals surface area contributed by atoms with E-state index in [1.54, 1.807) is 0 Å². The number of hydrogen-bond donors (Lipinski definition) is 1. The van der Waals surface area contributed by atoms with E-state index < -0.39 is 0 Å². The normalized spacial score (nSPS) is 25.9. The van der Waals surface area contributed by atoms with Crippen LogP contribution in [0.25, 0.3) is 0 Å². The van der Waals surface area contributed by atoms with Gasteiger partial charge in [-0.05, 0) is 33.3 Å². The summed E-state index contributed by atoms with van der Waals surface area (Å²) in [5.74, 6) is 0. The van der Waals surface area contributed by atoms with Gasteiger partial charge in [0, 0.05) is 37.5 Å². The molecule has 0 saturated carbocycles. The Bertz CT molecular complexity index is 187. The number of nitrogens with one attached hydrogen (secondary N) is 1. The number of thioether (sulfide) groups is 1. The van der Waals surface area contributed by atoms with E-state index in [-0.39, 0.29) is 0 Å². The Balaban J connectivity index is 2.47. The highest BCUT2D eigenvalue weighted by molar-refractivity contribution is 7.99. The van der Waals surface area contributed by atoms with Gasteiger partial charge in [0.2, 0.25) is 0 Å². The van der Waals surface area contributed by atoms with Gasteiger partial charge in [0.1, 0.15) is 0 Å². The molecule has 0 bridgehead atoms. The van der Waals surface area contributed by atoms with Crippen LogP contribution in [0.3, 0.4) is 0 Å².